The van der Waals surface area contributed by atoms with Crippen molar-refractivity contribution in [3.8, 4) is 0 Å². The Labute approximate surface area is 72.8 Å². The molecule has 0 bridgehead atoms. The molecule has 0 heterocycles. The lowest BCUT2D eigenvalue weighted by molar-refractivity contribution is 0.159. The number of hydrogen-bond acceptors (Lipinski definition) is 1. The van der Waals surface area contributed by atoms with E-state index in [1.165, 1.54) is 6.42 Å². The molecule has 0 saturated carbocycles. The summed E-state index contributed by atoms with van der Waals surface area (Å²) < 4.78 is 0. The molecule has 0 aliphatic heterocycles. The Bertz CT molecular complexity index is 76.9. The molecule has 11 heavy (non-hydrogen) atoms. The van der Waals surface area contributed by atoms with Crippen LogP contribution in [0.4, 0.5) is 0 Å². The Kier molecular flexibility index (Phi) is 8.20. The van der Waals surface area contributed by atoms with Gasteiger partial charge in [0.2, 0.25) is 0 Å². The summed E-state index contributed by atoms with van der Waals surface area (Å²) in [6, 6.07) is 0. The normalized spacial score (nSPS) is 10.9. The van der Waals surface area contributed by atoms with Gasteiger partial charge in [-0.05, 0) is 33.9 Å². The summed E-state index contributed by atoms with van der Waals surface area (Å²) in [6.45, 7) is 14.1. The zero-order valence-electron chi connectivity index (χ0n) is 9.36. The topological polar surface area (TPSA) is 3.24 Å². The number of nitrogens with zero attached hydrogens (tertiary/aromatic N) is 1. The lowest BCUT2D eigenvalue weighted by atomic mass is 10.0. The lowest BCUT2D eigenvalue weighted by Gasteiger charge is -2.33. The Hall–Kier alpha value is -0.0400. The monoisotopic (exact) mass is 159 g/mol. The molecule has 0 saturated heterocycles. The molecule has 70 valence electrons. The first-order valence-electron chi connectivity index (χ1n) is 4.75. The van der Waals surface area contributed by atoms with Crippen molar-refractivity contribution in [2.75, 3.05) is 13.6 Å². The fourth-order valence-electron chi connectivity index (χ4n) is 0.698. The van der Waals surface area contributed by atoms with Crippen LogP contribution in [0.25, 0.3) is 0 Å². The molecule has 0 rings (SSSR count). The maximum atomic E-state index is 2.37. The van der Waals surface area contributed by atoms with E-state index in [0.29, 0.717) is 5.54 Å². The minimum atomic E-state index is 0.384. The third-order valence-electron chi connectivity index (χ3n) is 2.37. The molecule has 0 aliphatic carbocycles. The Morgan fingerprint density at radius 1 is 1.09 bits per heavy atom. The minimum absolute atomic E-state index is 0.384. The highest BCUT2D eigenvalue weighted by Crippen LogP contribution is 2.14. The van der Waals surface area contributed by atoms with Crippen molar-refractivity contribution >= 4 is 0 Å². The van der Waals surface area contributed by atoms with Crippen molar-refractivity contribution in [3.63, 3.8) is 0 Å². The summed E-state index contributed by atoms with van der Waals surface area (Å²) in [7, 11) is 2.17. The van der Waals surface area contributed by atoms with Crippen LogP contribution >= 0.6 is 0 Å². The van der Waals surface area contributed by atoms with E-state index in [2.05, 4.69) is 39.6 Å². The standard InChI is InChI=1S/C8H19N.C2H6/c1-6-8(3,4)9(5)7-2;1-2/h6-7H2,1-5H3;1-2H3. The molecule has 0 aromatic rings. The van der Waals surface area contributed by atoms with Gasteiger partial charge in [0, 0.05) is 5.54 Å². The highest BCUT2D eigenvalue weighted by atomic mass is 15.1. The van der Waals surface area contributed by atoms with E-state index in [9.17, 15) is 0 Å². The highest BCUT2D eigenvalue weighted by Gasteiger charge is 2.18. The molecular formula is C10H25N. The van der Waals surface area contributed by atoms with Gasteiger partial charge in [-0.3, -0.25) is 0 Å². The van der Waals surface area contributed by atoms with Crippen LogP contribution in [0.5, 0.6) is 0 Å². The molecule has 0 unspecified atom stereocenters. The molecule has 0 aromatic carbocycles. The predicted octanol–water partition coefficient (Wildman–Crippen LogP) is 3.15. The molecule has 0 atom stereocenters. The van der Waals surface area contributed by atoms with Gasteiger partial charge in [0.15, 0.2) is 0 Å². The molecule has 0 aromatic heterocycles. The predicted molar refractivity (Wildman–Crippen MR) is 54.0 cm³/mol. The van der Waals surface area contributed by atoms with Crippen LogP contribution in [0, 0.1) is 0 Å². The first-order chi connectivity index (χ1) is 5.04. The number of rotatable bonds is 3. The van der Waals surface area contributed by atoms with Crippen molar-refractivity contribution in [1.82, 2.24) is 4.90 Å². The maximum absolute atomic E-state index is 2.37. The molecule has 0 N–H and O–H groups in total. The zero-order valence-corrected chi connectivity index (χ0v) is 9.36. The largest absolute Gasteiger partial charge is 0.302 e. The van der Waals surface area contributed by atoms with Gasteiger partial charge in [-0.15, -0.1) is 0 Å². The molecular weight excluding hydrogens is 134 g/mol. The van der Waals surface area contributed by atoms with Crippen molar-refractivity contribution in [2.45, 2.75) is 53.5 Å². The van der Waals surface area contributed by atoms with E-state index in [1.807, 2.05) is 13.8 Å². The molecule has 0 amide bonds. The zero-order chi connectivity index (χ0) is 9.49. The second kappa shape index (κ2) is 6.66. The van der Waals surface area contributed by atoms with Crippen LogP contribution in [0.1, 0.15) is 48.0 Å². The Balaban J connectivity index is 0. The second-order valence-electron chi connectivity index (χ2n) is 3.18. The van der Waals surface area contributed by atoms with Gasteiger partial charge >= 0.3 is 0 Å². The van der Waals surface area contributed by atoms with Crippen molar-refractivity contribution < 1.29 is 0 Å². The van der Waals surface area contributed by atoms with Crippen LogP contribution in [0.3, 0.4) is 0 Å². The van der Waals surface area contributed by atoms with Gasteiger partial charge in [0.25, 0.3) is 0 Å². The molecule has 0 spiro atoms. The van der Waals surface area contributed by atoms with E-state index in [-0.39, 0.29) is 0 Å². The average Bonchev–Trinajstić information content (AvgIpc) is 2.06. The fourth-order valence-corrected chi connectivity index (χ4v) is 0.698. The first-order valence-corrected chi connectivity index (χ1v) is 4.75. The van der Waals surface area contributed by atoms with Gasteiger partial charge in [0.05, 0.1) is 0 Å². The van der Waals surface area contributed by atoms with E-state index in [4.69, 9.17) is 0 Å². The van der Waals surface area contributed by atoms with Crippen LogP contribution in [-0.4, -0.2) is 24.0 Å². The SMILES string of the molecule is CC.CCN(C)C(C)(C)CC. The third kappa shape index (κ3) is 5.25. The second-order valence-corrected chi connectivity index (χ2v) is 3.18. The van der Waals surface area contributed by atoms with E-state index >= 15 is 0 Å². The van der Waals surface area contributed by atoms with Crippen LogP contribution in [0.2, 0.25) is 0 Å². The van der Waals surface area contributed by atoms with E-state index in [0.717, 1.165) is 6.54 Å². The molecule has 0 fully saturated rings. The summed E-state index contributed by atoms with van der Waals surface area (Å²) in [5.41, 5.74) is 0.384. The number of hydrogen-bond donors (Lipinski definition) is 0. The first kappa shape index (κ1) is 13.5. The van der Waals surface area contributed by atoms with Crippen molar-refractivity contribution in [2.24, 2.45) is 0 Å². The van der Waals surface area contributed by atoms with Crippen molar-refractivity contribution in [1.29, 1.82) is 0 Å². The third-order valence-corrected chi connectivity index (χ3v) is 2.37. The van der Waals surface area contributed by atoms with Crippen molar-refractivity contribution in [3.05, 3.63) is 0 Å². The summed E-state index contributed by atoms with van der Waals surface area (Å²) in [5, 5.41) is 0. The van der Waals surface area contributed by atoms with Crippen LogP contribution in [-0.2, 0) is 0 Å². The molecule has 0 aliphatic rings. The Morgan fingerprint density at radius 2 is 1.45 bits per heavy atom. The highest BCUT2D eigenvalue weighted by molar-refractivity contribution is 4.75. The van der Waals surface area contributed by atoms with E-state index < -0.39 is 0 Å². The van der Waals surface area contributed by atoms with Gasteiger partial charge in [-0.2, -0.15) is 0 Å². The van der Waals surface area contributed by atoms with Gasteiger partial charge < -0.3 is 4.90 Å². The summed E-state index contributed by atoms with van der Waals surface area (Å²) in [4.78, 5) is 2.37. The smallest absolute Gasteiger partial charge is 0.0147 e. The molecule has 1 heteroatoms. The average molecular weight is 159 g/mol. The minimum Gasteiger partial charge on any atom is -0.302 e. The van der Waals surface area contributed by atoms with Crippen LogP contribution < -0.4 is 0 Å². The Morgan fingerprint density at radius 3 is 1.55 bits per heavy atom. The quantitative estimate of drug-likeness (QED) is 0.611. The van der Waals surface area contributed by atoms with Gasteiger partial charge in [-0.1, -0.05) is 27.7 Å². The summed E-state index contributed by atoms with van der Waals surface area (Å²) >= 11 is 0. The fraction of sp³-hybridized carbons (Fsp3) is 1.00. The van der Waals surface area contributed by atoms with Gasteiger partial charge in [-0.25, -0.2) is 0 Å². The molecule has 1 nitrogen and oxygen atoms in total. The lowest BCUT2D eigenvalue weighted by Crippen LogP contribution is -2.40. The molecule has 0 radical (unpaired) electrons. The van der Waals surface area contributed by atoms with Gasteiger partial charge in [0.1, 0.15) is 0 Å². The van der Waals surface area contributed by atoms with Crippen LogP contribution in [0.15, 0.2) is 0 Å². The van der Waals surface area contributed by atoms with E-state index in [1.54, 1.807) is 0 Å². The maximum Gasteiger partial charge on any atom is 0.0147 e. The summed E-state index contributed by atoms with van der Waals surface area (Å²) in [5.74, 6) is 0. The summed E-state index contributed by atoms with van der Waals surface area (Å²) in [6.07, 6.45) is 1.22.